The molecule has 0 aliphatic carbocycles. The topological polar surface area (TPSA) is 41.1 Å². The Bertz CT molecular complexity index is 444. The molecule has 1 amide bonds. The van der Waals surface area contributed by atoms with Gasteiger partial charge in [0.1, 0.15) is 11.6 Å². The van der Waals surface area contributed by atoms with E-state index in [1.807, 2.05) is 0 Å². The average Bonchev–Trinajstić information content (AvgIpc) is 2.81. The highest BCUT2D eigenvalue weighted by molar-refractivity contribution is 5.85. The maximum atomic E-state index is 13.6. The summed E-state index contributed by atoms with van der Waals surface area (Å²) in [5.41, 5.74) is -0.0830. The summed E-state index contributed by atoms with van der Waals surface area (Å²) in [5, 5.41) is 5.84. The molecular weight excluding hydrogens is 286 g/mol. The van der Waals surface area contributed by atoms with Crippen LogP contribution in [-0.4, -0.2) is 19.0 Å². The van der Waals surface area contributed by atoms with Crippen LogP contribution in [0.25, 0.3) is 0 Å². The molecule has 1 aromatic rings. The van der Waals surface area contributed by atoms with Crippen LogP contribution < -0.4 is 10.6 Å². The monoisotopic (exact) mass is 304 g/mol. The van der Waals surface area contributed by atoms with Crippen LogP contribution in [0.2, 0.25) is 0 Å². The molecule has 1 aliphatic rings. The van der Waals surface area contributed by atoms with Crippen molar-refractivity contribution in [3.8, 4) is 0 Å². The molecule has 0 aromatic heterocycles. The lowest BCUT2D eigenvalue weighted by molar-refractivity contribution is -0.122. The number of hydrogen-bond donors (Lipinski definition) is 2. The number of carbonyl (C=O) groups excluding carboxylic acids is 1. The minimum absolute atomic E-state index is 0. The average molecular weight is 305 g/mol. The van der Waals surface area contributed by atoms with Crippen LogP contribution >= 0.6 is 12.4 Å². The number of nitrogens with one attached hydrogen (secondary N) is 2. The molecule has 1 heterocycles. The lowest BCUT2D eigenvalue weighted by atomic mass is 10.0. The Labute approximate surface area is 123 Å². The molecule has 1 saturated heterocycles. The van der Waals surface area contributed by atoms with Crippen LogP contribution in [0, 0.1) is 17.6 Å². The minimum atomic E-state index is -0.664. The van der Waals surface area contributed by atoms with Crippen molar-refractivity contribution in [2.24, 2.45) is 5.92 Å². The standard InChI is InChI=1S/C14H18F2N2O.ClH/c1-9(14-11(15)3-2-4-12(14)16)18-13(19)7-10-5-6-17-8-10;/h2-4,9-10,17H,5-8H2,1H3,(H,18,19);1H. The van der Waals surface area contributed by atoms with E-state index in [2.05, 4.69) is 10.6 Å². The van der Waals surface area contributed by atoms with Crippen LogP contribution in [0.15, 0.2) is 18.2 Å². The van der Waals surface area contributed by atoms with E-state index in [0.29, 0.717) is 12.3 Å². The van der Waals surface area contributed by atoms with E-state index >= 15 is 0 Å². The Morgan fingerprint density at radius 3 is 2.65 bits per heavy atom. The molecule has 112 valence electrons. The zero-order valence-corrected chi connectivity index (χ0v) is 12.1. The summed E-state index contributed by atoms with van der Waals surface area (Å²) in [4.78, 5) is 11.8. The number of carbonyl (C=O) groups is 1. The number of hydrogen-bond acceptors (Lipinski definition) is 2. The summed E-state index contributed by atoms with van der Waals surface area (Å²) in [6.45, 7) is 3.34. The van der Waals surface area contributed by atoms with E-state index in [4.69, 9.17) is 0 Å². The molecule has 1 aromatic carbocycles. The van der Waals surface area contributed by atoms with Crippen molar-refractivity contribution in [2.45, 2.75) is 25.8 Å². The molecule has 2 atom stereocenters. The Balaban J connectivity index is 0.00000200. The summed E-state index contributed by atoms with van der Waals surface area (Å²) in [7, 11) is 0. The van der Waals surface area contributed by atoms with Crippen molar-refractivity contribution in [2.75, 3.05) is 13.1 Å². The van der Waals surface area contributed by atoms with Gasteiger partial charge in [-0.15, -0.1) is 12.4 Å². The molecule has 3 nitrogen and oxygen atoms in total. The second-order valence-electron chi connectivity index (χ2n) is 4.99. The fourth-order valence-corrected chi connectivity index (χ4v) is 2.45. The zero-order chi connectivity index (χ0) is 13.8. The van der Waals surface area contributed by atoms with E-state index in [9.17, 15) is 13.6 Å². The summed E-state index contributed by atoms with van der Waals surface area (Å²) < 4.78 is 27.1. The fraction of sp³-hybridized carbons (Fsp3) is 0.500. The van der Waals surface area contributed by atoms with Gasteiger partial charge in [-0.1, -0.05) is 6.07 Å². The fourth-order valence-electron chi connectivity index (χ4n) is 2.45. The maximum Gasteiger partial charge on any atom is 0.220 e. The van der Waals surface area contributed by atoms with Crippen molar-refractivity contribution >= 4 is 18.3 Å². The molecule has 6 heteroatoms. The first kappa shape index (κ1) is 16.9. The van der Waals surface area contributed by atoms with Crippen molar-refractivity contribution in [3.63, 3.8) is 0 Å². The normalized spacial score (nSPS) is 19.2. The van der Waals surface area contributed by atoms with Crippen molar-refractivity contribution in [3.05, 3.63) is 35.4 Å². The van der Waals surface area contributed by atoms with E-state index in [-0.39, 0.29) is 23.9 Å². The third-order valence-electron chi connectivity index (χ3n) is 3.45. The predicted octanol–water partition coefficient (Wildman–Crippen LogP) is 2.56. The number of benzene rings is 1. The summed E-state index contributed by atoms with van der Waals surface area (Å²) in [6.07, 6.45) is 1.36. The lowest BCUT2D eigenvalue weighted by Gasteiger charge is -2.17. The predicted molar refractivity (Wildman–Crippen MR) is 75.8 cm³/mol. The van der Waals surface area contributed by atoms with E-state index in [1.54, 1.807) is 6.92 Å². The van der Waals surface area contributed by atoms with Gasteiger partial charge in [-0.3, -0.25) is 4.79 Å². The van der Waals surface area contributed by atoms with E-state index in [0.717, 1.165) is 19.5 Å². The smallest absolute Gasteiger partial charge is 0.220 e. The highest BCUT2D eigenvalue weighted by atomic mass is 35.5. The van der Waals surface area contributed by atoms with Gasteiger partial charge >= 0.3 is 0 Å². The van der Waals surface area contributed by atoms with Gasteiger partial charge in [-0.2, -0.15) is 0 Å². The van der Waals surface area contributed by atoms with Gasteiger partial charge in [0.05, 0.1) is 6.04 Å². The molecular formula is C14H19ClF2N2O. The number of amides is 1. The summed E-state index contributed by atoms with van der Waals surface area (Å²) >= 11 is 0. The molecule has 2 N–H and O–H groups in total. The summed E-state index contributed by atoms with van der Waals surface area (Å²) in [6, 6.07) is 3.04. The van der Waals surface area contributed by atoms with Gasteiger partial charge in [-0.25, -0.2) is 8.78 Å². The highest BCUT2D eigenvalue weighted by Crippen LogP contribution is 2.21. The van der Waals surface area contributed by atoms with Crippen LogP contribution in [0.1, 0.15) is 31.4 Å². The molecule has 20 heavy (non-hydrogen) atoms. The van der Waals surface area contributed by atoms with E-state index < -0.39 is 17.7 Å². The van der Waals surface area contributed by atoms with Crippen LogP contribution in [0.4, 0.5) is 8.78 Å². The van der Waals surface area contributed by atoms with Crippen molar-refractivity contribution < 1.29 is 13.6 Å². The Kier molecular flexibility index (Phi) is 6.36. The SMILES string of the molecule is CC(NC(=O)CC1CCNC1)c1c(F)cccc1F.Cl. The number of rotatable bonds is 4. The van der Waals surface area contributed by atoms with Crippen LogP contribution in [0.3, 0.4) is 0 Å². The largest absolute Gasteiger partial charge is 0.349 e. The van der Waals surface area contributed by atoms with Gasteiger partial charge in [-0.05, 0) is 44.5 Å². The number of halogens is 3. The van der Waals surface area contributed by atoms with Gasteiger partial charge < -0.3 is 10.6 Å². The third-order valence-corrected chi connectivity index (χ3v) is 3.45. The molecule has 0 radical (unpaired) electrons. The molecule has 0 saturated carbocycles. The first-order chi connectivity index (χ1) is 9.08. The van der Waals surface area contributed by atoms with Gasteiger partial charge in [0.15, 0.2) is 0 Å². The van der Waals surface area contributed by atoms with Crippen LogP contribution in [0.5, 0.6) is 0 Å². The Morgan fingerprint density at radius 1 is 1.45 bits per heavy atom. The summed E-state index contributed by atoms with van der Waals surface area (Å²) in [5.74, 6) is -1.10. The lowest BCUT2D eigenvalue weighted by Crippen LogP contribution is -2.29. The van der Waals surface area contributed by atoms with Gasteiger partial charge in [0.25, 0.3) is 0 Å². The van der Waals surface area contributed by atoms with E-state index in [1.165, 1.54) is 18.2 Å². The molecule has 0 bridgehead atoms. The van der Waals surface area contributed by atoms with Gasteiger partial charge in [0.2, 0.25) is 5.91 Å². The first-order valence-corrected chi connectivity index (χ1v) is 6.52. The quantitative estimate of drug-likeness (QED) is 0.897. The molecule has 1 fully saturated rings. The zero-order valence-electron chi connectivity index (χ0n) is 11.3. The Morgan fingerprint density at radius 2 is 2.10 bits per heavy atom. The highest BCUT2D eigenvalue weighted by Gasteiger charge is 2.21. The molecule has 2 rings (SSSR count). The minimum Gasteiger partial charge on any atom is -0.349 e. The maximum absolute atomic E-state index is 13.6. The van der Waals surface area contributed by atoms with Crippen LogP contribution in [-0.2, 0) is 4.79 Å². The van der Waals surface area contributed by atoms with Crippen molar-refractivity contribution in [1.82, 2.24) is 10.6 Å². The second kappa shape index (κ2) is 7.55. The Hall–Kier alpha value is -1.20. The van der Waals surface area contributed by atoms with Gasteiger partial charge in [0, 0.05) is 12.0 Å². The van der Waals surface area contributed by atoms with Crippen molar-refractivity contribution in [1.29, 1.82) is 0 Å². The third kappa shape index (κ3) is 4.15. The molecule has 0 spiro atoms. The first-order valence-electron chi connectivity index (χ1n) is 6.52. The second-order valence-corrected chi connectivity index (χ2v) is 4.99. The molecule has 2 unspecified atom stereocenters. The molecule has 1 aliphatic heterocycles.